The van der Waals surface area contributed by atoms with E-state index in [0.717, 1.165) is 5.56 Å². The van der Waals surface area contributed by atoms with E-state index in [4.69, 9.17) is 5.11 Å². The summed E-state index contributed by atoms with van der Waals surface area (Å²) in [6.07, 6.45) is 0.394. The quantitative estimate of drug-likeness (QED) is 0.843. The van der Waals surface area contributed by atoms with Crippen molar-refractivity contribution in [2.45, 2.75) is 25.8 Å². The van der Waals surface area contributed by atoms with Crippen molar-refractivity contribution in [2.75, 3.05) is 14.1 Å². The number of phenolic OH excluding ortho intramolecular Hbond substituents is 1. The molecular formula is C13H19NO2. The highest BCUT2D eigenvalue weighted by Gasteiger charge is 2.29. The zero-order valence-electron chi connectivity index (χ0n) is 10.3. The Balaban J connectivity index is 2.75. The van der Waals surface area contributed by atoms with Crippen LogP contribution in [0.3, 0.4) is 0 Å². The Bertz CT molecular complexity index is 366. The molecule has 3 heteroatoms. The summed E-state index contributed by atoms with van der Waals surface area (Å²) in [5.41, 5.74) is 0.468. The van der Waals surface area contributed by atoms with Crippen LogP contribution in [0.15, 0.2) is 24.3 Å². The molecule has 16 heavy (non-hydrogen) atoms. The van der Waals surface area contributed by atoms with Crippen molar-refractivity contribution in [1.82, 2.24) is 4.90 Å². The lowest BCUT2D eigenvalue weighted by molar-refractivity contribution is -0.127. The van der Waals surface area contributed by atoms with E-state index >= 15 is 0 Å². The Morgan fingerprint density at radius 3 is 2.19 bits per heavy atom. The van der Waals surface area contributed by atoms with Crippen LogP contribution in [0.25, 0.3) is 0 Å². The van der Waals surface area contributed by atoms with Gasteiger partial charge in [0.15, 0.2) is 5.78 Å². The summed E-state index contributed by atoms with van der Waals surface area (Å²) in [6.45, 7) is 3.82. The molecule has 3 nitrogen and oxygen atoms in total. The number of nitrogens with zero attached hydrogens (tertiary/aromatic N) is 1. The fourth-order valence-corrected chi connectivity index (χ4v) is 1.26. The average molecular weight is 221 g/mol. The van der Waals surface area contributed by atoms with Gasteiger partial charge in [-0.1, -0.05) is 12.1 Å². The number of aromatic hydroxyl groups is 1. The van der Waals surface area contributed by atoms with Crippen LogP contribution in [0.1, 0.15) is 19.4 Å². The molecule has 0 spiro atoms. The molecule has 1 aromatic carbocycles. The third-order valence-electron chi connectivity index (χ3n) is 3.10. The first-order chi connectivity index (χ1) is 7.34. The van der Waals surface area contributed by atoms with Gasteiger partial charge >= 0.3 is 0 Å². The lowest BCUT2D eigenvalue weighted by Crippen LogP contribution is -2.46. The molecule has 0 atom stereocenters. The summed E-state index contributed by atoms with van der Waals surface area (Å²) in [7, 11) is 3.80. The van der Waals surface area contributed by atoms with Gasteiger partial charge in [-0.25, -0.2) is 0 Å². The number of likely N-dealkylation sites (N-methyl/N-ethyl adjacent to an activating group) is 1. The summed E-state index contributed by atoms with van der Waals surface area (Å²) in [5.74, 6) is 0.395. The molecule has 1 rings (SSSR count). The third kappa shape index (κ3) is 2.83. The molecule has 0 unspecified atom stereocenters. The minimum Gasteiger partial charge on any atom is -0.508 e. The summed E-state index contributed by atoms with van der Waals surface area (Å²) in [6, 6.07) is 6.76. The number of carbonyl (C=O) groups is 1. The summed E-state index contributed by atoms with van der Waals surface area (Å²) in [4.78, 5) is 14.0. The van der Waals surface area contributed by atoms with Crippen LogP contribution < -0.4 is 0 Å². The van der Waals surface area contributed by atoms with Gasteiger partial charge in [-0.3, -0.25) is 9.69 Å². The first-order valence-corrected chi connectivity index (χ1v) is 5.32. The third-order valence-corrected chi connectivity index (χ3v) is 3.10. The largest absolute Gasteiger partial charge is 0.508 e. The lowest BCUT2D eigenvalue weighted by Gasteiger charge is -2.30. The molecule has 0 fully saturated rings. The number of phenols is 1. The second kappa shape index (κ2) is 4.66. The lowest BCUT2D eigenvalue weighted by atomic mass is 9.92. The molecule has 0 aromatic heterocycles. The van der Waals surface area contributed by atoms with Crippen molar-refractivity contribution < 1.29 is 9.90 Å². The van der Waals surface area contributed by atoms with Crippen molar-refractivity contribution in [3.8, 4) is 5.75 Å². The maximum absolute atomic E-state index is 12.1. The number of carbonyl (C=O) groups excluding carboxylic acids is 1. The van der Waals surface area contributed by atoms with Crippen LogP contribution in [0.4, 0.5) is 0 Å². The predicted molar refractivity (Wildman–Crippen MR) is 64.6 cm³/mol. The smallest absolute Gasteiger partial charge is 0.156 e. The van der Waals surface area contributed by atoms with E-state index < -0.39 is 5.54 Å². The Kier molecular flexibility index (Phi) is 3.70. The molecule has 0 aliphatic carbocycles. The summed E-state index contributed by atoms with van der Waals surface area (Å²) >= 11 is 0. The average Bonchev–Trinajstić information content (AvgIpc) is 2.21. The van der Waals surface area contributed by atoms with Crippen molar-refractivity contribution >= 4 is 5.78 Å². The van der Waals surface area contributed by atoms with Gasteiger partial charge in [0, 0.05) is 6.42 Å². The molecular weight excluding hydrogens is 202 g/mol. The molecule has 88 valence electrons. The molecule has 0 heterocycles. The van der Waals surface area contributed by atoms with Crippen molar-refractivity contribution in [1.29, 1.82) is 0 Å². The van der Waals surface area contributed by atoms with Gasteiger partial charge in [0.05, 0.1) is 5.54 Å². The monoisotopic (exact) mass is 221 g/mol. The van der Waals surface area contributed by atoms with Crippen molar-refractivity contribution in [3.63, 3.8) is 0 Å². The highest BCUT2D eigenvalue weighted by molar-refractivity contribution is 5.89. The van der Waals surface area contributed by atoms with Gasteiger partial charge in [0.25, 0.3) is 0 Å². The number of ketones is 1. The Morgan fingerprint density at radius 2 is 1.75 bits per heavy atom. The zero-order chi connectivity index (χ0) is 12.3. The van der Waals surface area contributed by atoms with E-state index in [1.165, 1.54) is 0 Å². The SMILES string of the molecule is CN(C)C(C)(C)C(=O)Cc1ccc(O)cc1. The predicted octanol–water partition coefficient (Wildman–Crippen LogP) is 1.84. The molecule has 1 aromatic rings. The van der Waals surface area contributed by atoms with Gasteiger partial charge < -0.3 is 5.11 Å². The highest BCUT2D eigenvalue weighted by Crippen LogP contribution is 2.16. The van der Waals surface area contributed by atoms with Crippen LogP contribution in [-0.4, -0.2) is 35.4 Å². The van der Waals surface area contributed by atoms with Gasteiger partial charge in [-0.05, 0) is 45.6 Å². The molecule has 1 N–H and O–H groups in total. The molecule has 0 radical (unpaired) electrons. The van der Waals surface area contributed by atoms with E-state index in [9.17, 15) is 4.79 Å². The highest BCUT2D eigenvalue weighted by atomic mass is 16.3. The van der Waals surface area contributed by atoms with Crippen LogP contribution in [0, 0.1) is 0 Å². The maximum atomic E-state index is 12.1. The van der Waals surface area contributed by atoms with E-state index in [0.29, 0.717) is 6.42 Å². The Morgan fingerprint density at radius 1 is 1.25 bits per heavy atom. The summed E-state index contributed by atoms with van der Waals surface area (Å²) < 4.78 is 0. The van der Waals surface area contributed by atoms with Crippen LogP contribution in [0.5, 0.6) is 5.75 Å². The van der Waals surface area contributed by atoms with E-state index in [1.807, 2.05) is 32.8 Å². The molecule has 0 aliphatic heterocycles. The van der Waals surface area contributed by atoms with Gasteiger partial charge in [0.2, 0.25) is 0 Å². The normalized spacial score (nSPS) is 11.8. The van der Waals surface area contributed by atoms with E-state index in [1.54, 1.807) is 24.3 Å². The molecule has 0 aliphatic rings. The van der Waals surface area contributed by atoms with Gasteiger partial charge in [0.1, 0.15) is 5.75 Å². The molecule has 0 saturated heterocycles. The van der Waals surface area contributed by atoms with Crippen LogP contribution in [0.2, 0.25) is 0 Å². The number of hydrogen-bond donors (Lipinski definition) is 1. The number of Topliss-reactive ketones (excluding diaryl/α,β-unsaturated/α-hetero) is 1. The second-order valence-electron chi connectivity index (χ2n) is 4.72. The topological polar surface area (TPSA) is 40.5 Å². The van der Waals surface area contributed by atoms with Gasteiger partial charge in [-0.15, -0.1) is 0 Å². The second-order valence-corrected chi connectivity index (χ2v) is 4.72. The van der Waals surface area contributed by atoms with Gasteiger partial charge in [-0.2, -0.15) is 0 Å². The fraction of sp³-hybridized carbons (Fsp3) is 0.462. The van der Waals surface area contributed by atoms with E-state index in [-0.39, 0.29) is 11.5 Å². The Labute approximate surface area is 96.7 Å². The molecule has 0 saturated carbocycles. The number of hydrogen-bond acceptors (Lipinski definition) is 3. The van der Waals surface area contributed by atoms with E-state index in [2.05, 4.69) is 0 Å². The summed E-state index contributed by atoms with van der Waals surface area (Å²) in [5, 5.41) is 9.15. The fourth-order valence-electron chi connectivity index (χ4n) is 1.26. The minimum atomic E-state index is -0.460. The molecule has 0 bridgehead atoms. The first-order valence-electron chi connectivity index (χ1n) is 5.32. The first kappa shape index (κ1) is 12.7. The van der Waals surface area contributed by atoms with Crippen molar-refractivity contribution in [3.05, 3.63) is 29.8 Å². The van der Waals surface area contributed by atoms with Crippen LogP contribution in [-0.2, 0) is 11.2 Å². The zero-order valence-corrected chi connectivity index (χ0v) is 10.3. The van der Waals surface area contributed by atoms with Crippen LogP contribution >= 0.6 is 0 Å². The standard InChI is InChI=1S/C13H19NO2/c1-13(2,14(3)4)12(16)9-10-5-7-11(15)8-6-10/h5-8,15H,9H2,1-4H3. The maximum Gasteiger partial charge on any atom is 0.156 e. The minimum absolute atomic E-state index is 0.170. The number of benzene rings is 1. The Hall–Kier alpha value is -1.35. The molecule has 0 amide bonds. The number of rotatable bonds is 4. The van der Waals surface area contributed by atoms with Crippen molar-refractivity contribution in [2.24, 2.45) is 0 Å².